The molecule has 0 saturated carbocycles. The summed E-state index contributed by atoms with van der Waals surface area (Å²) >= 11 is 0. The Morgan fingerprint density at radius 1 is 1.27 bits per heavy atom. The summed E-state index contributed by atoms with van der Waals surface area (Å²) in [5.74, 6) is -1.98. The Kier molecular flexibility index (Phi) is 4.83. The average molecular weight is 357 g/mol. The molecular weight excluding hydrogens is 338 g/mol. The van der Waals surface area contributed by atoms with Crippen LogP contribution < -0.4 is 16.6 Å². The van der Waals surface area contributed by atoms with Crippen LogP contribution in [0.4, 0.5) is 0 Å². The number of H-pyrrole nitrogens is 1. The molecule has 1 aliphatic rings. The van der Waals surface area contributed by atoms with E-state index in [4.69, 9.17) is 5.73 Å². The number of carbonyl (C=O) groups is 2. The molecule has 2 aromatic rings. The third-order valence-corrected chi connectivity index (χ3v) is 4.49. The fourth-order valence-electron chi connectivity index (χ4n) is 3.20. The van der Waals surface area contributed by atoms with Gasteiger partial charge in [-0.05, 0) is 5.56 Å². The zero-order valence-corrected chi connectivity index (χ0v) is 13.9. The van der Waals surface area contributed by atoms with Gasteiger partial charge in [-0.1, -0.05) is 30.3 Å². The molecule has 1 saturated heterocycles. The van der Waals surface area contributed by atoms with Gasteiger partial charge >= 0.3 is 0 Å². The summed E-state index contributed by atoms with van der Waals surface area (Å²) in [5.41, 5.74) is 2.90. The smallest absolute Gasteiger partial charge is 0.294 e. The van der Waals surface area contributed by atoms with Crippen LogP contribution in [0.5, 0.6) is 5.75 Å². The lowest BCUT2D eigenvalue weighted by Crippen LogP contribution is -2.57. The van der Waals surface area contributed by atoms with Gasteiger partial charge in [0.15, 0.2) is 17.5 Å². The maximum atomic E-state index is 12.4. The highest BCUT2D eigenvalue weighted by Crippen LogP contribution is 2.32. The van der Waals surface area contributed by atoms with Gasteiger partial charge in [0.2, 0.25) is 5.75 Å². The maximum absolute atomic E-state index is 12.4. The predicted molar refractivity (Wildman–Crippen MR) is 92.8 cm³/mol. The van der Waals surface area contributed by atoms with Crippen LogP contribution in [0.2, 0.25) is 0 Å². The molecule has 136 valence electrons. The number of aromatic hydroxyl groups is 1. The monoisotopic (exact) mass is 357 g/mol. The van der Waals surface area contributed by atoms with Crippen molar-refractivity contribution in [1.29, 1.82) is 0 Å². The normalized spacial score (nSPS) is 17.4. The van der Waals surface area contributed by atoms with Crippen LogP contribution in [-0.2, 0) is 10.3 Å². The lowest BCUT2D eigenvalue weighted by molar-refractivity contribution is -0.117. The molecule has 1 amide bonds. The highest BCUT2D eigenvalue weighted by molar-refractivity contribution is 5.93. The van der Waals surface area contributed by atoms with Gasteiger partial charge in [-0.2, -0.15) is 0 Å². The number of benzene rings is 1. The number of hydrogen-bond acceptors (Lipinski definition) is 7. The topological polar surface area (TPSA) is 141 Å². The van der Waals surface area contributed by atoms with Crippen LogP contribution in [0.3, 0.4) is 0 Å². The molecule has 0 bridgehead atoms. The van der Waals surface area contributed by atoms with Gasteiger partial charge in [0, 0.05) is 26.2 Å². The highest BCUT2D eigenvalue weighted by atomic mass is 16.3. The van der Waals surface area contributed by atoms with Crippen LogP contribution in [0.1, 0.15) is 21.9 Å². The minimum absolute atomic E-state index is 0.0581. The number of carbonyl (C=O) groups excluding carboxylic acids is 2. The van der Waals surface area contributed by atoms with Crippen molar-refractivity contribution in [3.63, 3.8) is 0 Å². The summed E-state index contributed by atoms with van der Waals surface area (Å²) in [7, 11) is 0. The quantitative estimate of drug-likeness (QED) is 0.499. The van der Waals surface area contributed by atoms with Crippen LogP contribution in [-0.4, -0.2) is 58.3 Å². The number of aldehydes is 1. The van der Waals surface area contributed by atoms with Crippen LogP contribution in [0.15, 0.2) is 35.1 Å². The Morgan fingerprint density at radius 2 is 1.92 bits per heavy atom. The molecule has 1 atom stereocenters. The number of amides is 1. The lowest BCUT2D eigenvalue weighted by Gasteiger charge is -2.41. The van der Waals surface area contributed by atoms with Crippen LogP contribution >= 0.6 is 0 Å². The zero-order valence-electron chi connectivity index (χ0n) is 13.9. The largest absolute Gasteiger partial charge is 0.501 e. The number of piperazine rings is 1. The molecule has 1 aliphatic heterocycles. The molecule has 1 aromatic heterocycles. The molecule has 26 heavy (non-hydrogen) atoms. The van der Waals surface area contributed by atoms with Gasteiger partial charge in [0.05, 0.1) is 0 Å². The van der Waals surface area contributed by atoms with Crippen molar-refractivity contribution < 1.29 is 14.7 Å². The molecule has 3 rings (SSSR count). The van der Waals surface area contributed by atoms with Crippen molar-refractivity contribution in [3.8, 4) is 5.75 Å². The van der Waals surface area contributed by atoms with Crippen LogP contribution in [0, 0.1) is 0 Å². The van der Waals surface area contributed by atoms with Gasteiger partial charge in [-0.3, -0.25) is 14.5 Å². The second kappa shape index (κ2) is 7.06. The first-order valence-corrected chi connectivity index (χ1v) is 8.12. The van der Waals surface area contributed by atoms with Crippen molar-refractivity contribution in [1.82, 2.24) is 20.2 Å². The second-order valence-corrected chi connectivity index (χ2v) is 5.96. The molecule has 2 heterocycles. The molecule has 1 fully saturated rings. The van der Waals surface area contributed by atoms with E-state index in [2.05, 4.69) is 15.3 Å². The van der Waals surface area contributed by atoms with E-state index in [1.54, 1.807) is 30.3 Å². The number of primary amides is 1. The second-order valence-electron chi connectivity index (χ2n) is 5.96. The van der Waals surface area contributed by atoms with E-state index in [0.717, 1.165) is 0 Å². The Bertz CT molecular complexity index is 876. The first-order valence-electron chi connectivity index (χ1n) is 8.12. The number of nitrogens with two attached hydrogens (primary N) is 1. The third kappa shape index (κ3) is 2.87. The summed E-state index contributed by atoms with van der Waals surface area (Å²) in [6.07, 6.45) is 0.688. The zero-order chi connectivity index (χ0) is 18.7. The van der Waals surface area contributed by atoms with E-state index < -0.39 is 28.4 Å². The van der Waals surface area contributed by atoms with Crippen molar-refractivity contribution >= 4 is 12.2 Å². The summed E-state index contributed by atoms with van der Waals surface area (Å²) in [6, 6.07) is 8.83. The fraction of sp³-hybridized carbons (Fsp3) is 0.294. The first kappa shape index (κ1) is 17.8. The molecule has 1 unspecified atom stereocenters. The van der Waals surface area contributed by atoms with Crippen molar-refractivity contribution in [2.24, 2.45) is 5.73 Å². The number of nitrogens with one attached hydrogen (secondary N) is 2. The highest BCUT2D eigenvalue weighted by Gasteiger charge is 2.44. The summed E-state index contributed by atoms with van der Waals surface area (Å²) in [6.45, 7) is 2.33. The molecule has 5 N–H and O–H groups in total. The van der Waals surface area contributed by atoms with E-state index >= 15 is 0 Å². The summed E-state index contributed by atoms with van der Waals surface area (Å²) in [5, 5.41) is 13.0. The summed E-state index contributed by atoms with van der Waals surface area (Å²) < 4.78 is 0. The molecule has 1 aromatic carbocycles. The van der Waals surface area contributed by atoms with E-state index in [0.29, 0.717) is 38.0 Å². The van der Waals surface area contributed by atoms with Crippen LogP contribution in [0.25, 0.3) is 0 Å². The first-order chi connectivity index (χ1) is 12.5. The lowest BCUT2D eigenvalue weighted by atomic mass is 9.87. The van der Waals surface area contributed by atoms with E-state index in [1.807, 2.05) is 4.90 Å². The number of aromatic nitrogens is 2. The van der Waals surface area contributed by atoms with Gasteiger partial charge < -0.3 is 25.9 Å². The molecule has 0 radical (unpaired) electrons. The SMILES string of the molecule is NC(=O)c1nc(C(C=O)(c2ccccc2)N2CCNCC2)[nH]c(=O)c1O. The number of rotatable bonds is 5. The summed E-state index contributed by atoms with van der Waals surface area (Å²) in [4.78, 5) is 44.5. The molecule has 0 aliphatic carbocycles. The molecule has 9 heteroatoms. The van der Waals surface area contributed by atoms with Gasteiger partial charge in [-0.15, -0.1) is 0 Å². The van der Waals surface area contributed by atoms with E-state index in [1.165, 1.54) is 0 Å². The number of hydrogen-bond donors (Lipinski definition) is 4. The Labute approximate surface area is 148 Å². The fourth-order valence-corrected chi connectivity index (χ4v) is 3.20. The van der Waals surface area contributed by atoms with Gasteiger partial charge in [0.1, 0.15) is 5.82 Å². The van der Waals surface area contributed by atoms with Gasteiger partial charge in [-0.25, -0.2) is 4.98 Å². The third-order valence-electron chi connectivity index (χ3n) is 4.49. The Balaban J connectivity index is 2.29. The average Bonchev–Trinajstić information content (AvgIpc) is 2.67. The predicted octanol–water partition coefficient (Wildman–Crippen LogP) is -1.08. The Morgan fingerprint density at radius 3 is 2.50 bits per heavy atom. The van der Waals surface area contributed by atoms with Crippen molar-refractivity contribution in [2.45, 2.75) is 5.54 Å². The molecule has 0 spiro atoms. The molecule has 9 nitrogen and oxygen atoms in total. The van der Waals surface area contributed by atoms with Gasteiger partial charge in [0.25, 0.3) is 11.5 Å². The van der Waals surface area contributed by atoms with Crippen molar-refractivity contribution in [3.05, 3.63) is 57.8 Å². The standard InChI is InChI=1S/C17H19N5O4/c18-14(25)12-13(24)15(26)21-16(20-12)17(10-23,11-4-2-1-3-5-11)22-8-6-19-7-9-22/h1-5,10,19,24H,6-9H2,(H2,18,25)(H,20,21,26). The van der Waals surface area contributed by atoms with E-state index in [9.17, 15) is 19.5 Å². The van der Waals surface area contributed by atoms with E-state index in [-0.39, 0.29) is 5.82 Å². The van der Waals surface area contributed by atoms with Crippen molar-refractivity contribution in [2.75, 3.05) is 26.2 Å². The minimum atomic E-state index is -1.42. The number of nitrogens with zero attached hydrogens (tertiary/aromatic N) is 2. The minimum Gasteiger partial charge on any atom is -0.501 e. The number of aromatic amines is 1. The molecular formula is C17H19N5O4. The Hall–Kier alpha value is -3.04. The maximum Gasteiger partial charge on any atom is 0.294 e.